The van der Waals surface area contributed by atoms with E-state index in [2.05, 4.69) is 15.9 Å². The maximum atomic E-state index is 14.0. The highest BCUT2D eigenvalue weighted by molar-refractivity contribution is 9.09. The minimum Gasteiger partial charge on any atom is -0.486 e. The first-order valence-electron chi connectivity index (χ1n) is 6.84. The molecular formula is C18H13BrFNO2. The van der Waals surface area contributed by atoms with Crippen LogP contribution in [-0.2, 0) is 0 Å². The van der Waals surface area contributed by atoms with Gasteiger partial charge in [-0.1, -0.05) is 28.1 Å². The van der Waals surface area contributed by atoms with Gasteiger partial charge in [0.1, 0.15) is 6.61 Å². The van der Waals surface area contributed by atoms with E-state index >= 15 is 0 Å². The molecule has 0 aromatic heterocycles. The zero-order valence-electron chi connectivity index (χ0n) is 12.1. The monoisotopic (exact) mass is 373 g/mol. The Hall–Kier alpha value is -2.45. The molecule has 0 saturated carbocycles. The summed E-state index contributed by atoms with van der Waals surface area (Å²) in [7, 11) is 0. The lowest BCUT2D eigenvalue weighted by atomic mass is 10.0. The van der Waals surface area contributed by atoms with Gasteiger partial charge in [-0.2, -0.15) is 5.26 Å². The highest BCUT2D eigenvalue weighted by Gasteiger charge is 2.12. The first kappa shape index (κ1) is 16.9. The molecule has 0 fully saturated rings. The first-order valence-corrected chi connectivity index (χ1v) is 7.96. The predicted octanol–water partition coefficient (Wildman–Crippen LogP) is 4.26. The van der Waals surface area contributed by atoms with Crippen molar-refractivity contribution in [2.45, 2.75) is 0 Å². The average molecular weight is 374 g/mol. The van der Waals surface area contributed by atoms with Crippen molar-refractivity contribution in [3.05, 3.63) is 77.1 Å². The van der Waals surface area contributed by atoms with Gasteiger partial charge in [-0.25, -0.2) is 4.39 Å². The van der Waals surface area contributed by atoms with Crippen molar-refractivity contribution in [2.24, 2.45) is 0 Å². The molecule has 2 rings (SSSR count). The fourth-order valence-electron chi connectivity index (χ4n) is 1.89. The fourth-order valence-corrected chi connectivity index (χ4v) is 2.16. The second-order valence-corrected chi connectivity index (χ2v) is 5.25. The predicted molar refractivity (Wildman–Crippen MR) is 89.4 cm³/mol. The van der Waals surface area contributed by atoms with Crippen LogP contribution in [0, 0.1) is 17.1 Å². The Morgan fingerprint density at radius 1 is 1.17 bits per heavy atom. The lowest BCUT2D eigenvalue weighted by Crippen LogP contribution is -2.03. The molecule has 0 atom stereocenters. The highest BCUT2D eigenvalue weighted by atomic mass is 79.9. The molecule has 0 aliphatic carbocycles. The van der Waals surface area contributed by atoms with Crippen LogP contribution in [0.15, 0.2) is 54.6 Å². The molecule has 5 heteroatoms. The van der Waals surface area contributed by atoms with E-state index in [0.717, 1.165) is 6.07 Å². The number of hydrogen-bond donors (Lipinski definition) is 0. The quantitative estimate of drug-likeness (QED) is 0.431. The van der Waals surface area contributed by atoms with Gasteiger partial charge in [0.15, 0.2) is 17.3 Å². The van der Waals surface area contributed by atoms with E-state index in [-0.39, 0.29) is 23.7 Å². The molecule has 0 spiro atoms. The Morgan fingerprint density at radius 2 is 1.87 bits per heavy atom. The van der Waals surface area contributed by atoms with Crippen LogP contribution < -0.4 is 4.74 Å². The van der Waals surface area contributed by atoms with Crippen molar-refractivity contribution >= 4 is 21.7 Å². The average Bonchev–Trinajstić information content (AvgIpc) is 2.59. The molecular weight excluding hydrogens is 361 g/mol. The number of hydrogen-bond acceptors (Lipinski definition) is 3. The van der Waals surface area contributed by atoms with E-state index in [1.807, 2.05) is 12.1 Å². The van der Waals surface area contributed by atoms with Gasteiger partial charge in [-0.15, -0.1) is 0 Å². The molecule has 0 bridgehead atoms. The zero-order valence-corrected chi connectivity index (χ0v) is 13.7. The SMILES string of the molecule is N#Cc1ccc(C(=O)c2ccc(OCC=CCBr)c(F)c2)cc1. The molecule has 3 nitrogen and oxygen atoms in total. The largest absolute Gasteiger partial charge is 0.486 e. The van der Waals surface area contributed by atoms with E-state index in [1.54, 1.807) is 30.3 Å². The summed E-state index contributed by atoms with van der Waals surface area (Å²) in [6, 6.07) is 12.3. The Balaban J connectivity index is 2.13. The van der Waals surface area contributed by atoms with Gasteiger partial charge < -0.3 is 4.74 Å². The topological polar surface area (TPSA) is 50.1 Å². The van der Waals surface area contributed by atoms with Crippen molar-refractivity contribution in [3.63, 3.8) is 0 Å². The lowest BCUT2D eigenvalue weighted by molar-refractivity contribution is 0.103. The lowest BCUT2D eigenvalue weighted by Gasteiger charge is -2.07. The number of halogens is 2. The number of ether oxygens (including phenoxy) is 1. The Labute approximate surface area is 142 Å². The van der Waals surface area contributed by atoms with Crippen LogP contribution in [0.1, 0.15) is 21.5 Å². The summed E-state index contributed by atoms with van der Waals surface area (Å²) in [5.74, 6) is -0.795. The molecule has 0 amide bonds. The van der Waals surface area contributed by atoms with Crippen molar-refractivity contribution in [2.75, 3.05) is 11.9 Å². The van der Waals surface area contributed by atoms with Gasteiger partial charge in [0.25, 0.3) is 0 Å². The first-order chi connectivity index (χ1) is 11.2. The second-order valence-electron chi connectivity index (χ2n) is 4.60. The van der Waals surface area contributed by atoms with Crippen molar-refractivity contribution < 1.29 is 13.9 Å². The summed E-state index contributed by atoms with van der Waals surface area (Å²) in [4.78, 5) is 12.3. The number of nitriles is 1. The summed E-state index contributed by atoms with van der Waals surface area (Å²) < 4.78 is 19.3. The van der Waals surface area contributed by atoms with Crippen molar-refractivity contribution in [1.82, 2.24) is 0 Å². The number of alkyl halides is 1. The van der Waals surface area contributed by atoms with Crippen LogP contribution >= 0.6 is 15.9 Å². The zero-order chi connectivity index (χ0) is 16.7. The van der Waals surface area contributed by atoms with Crippen LogP contribution in [0.4, 0.5) is 4.39 Å². The van der Waals surface area contributed by atoms with Gasteiger partial charge >= 0.3 is 0 Å². The molecule has 2 aromatic carbocycles. The van der Waals surface area contributed by atoms with Crippen molar-refractivity contribution in [1.29, 1.82) is 5.26 Å². The van der Waals surface area contributed by atoms with Crippen LogP contribution in [0.25, 0.3) is 0 Å². The van der Waals surface area contributed by atoms with Gasteiger partial charge in [-0.3, -0.25) is 4.79 Å². The third kappa shape index (κ3) is 4.51. The molecule has 23 heavy (non-hydrogen) atoms. The molecule has 0 heterocycles. The second kappa shape index (κ2) is 8.25. The third-order valence-corrected chi connectivity index (χ3v) is 3.43. The number of carbonyl (C=O) groups excluding carboxylic acids is 1. The summed E-state index contributed by atoms with van der Waals surface area (Å²) >= 11 is 3.24. The summed E-state index contributed by atoms with van der Waals surface area (Å²) in [5, 5.41) is 9.45. The number of nitrogens with zero attached hydrogens (tertiary/aromatic N) is 1. The van der Waals surface area contributed by atoms with Crippen LogP contribution in [-0.4, -0.2) is 17.7 Å². The third-order valence-electron chi connectivity index (χ3n) is 3.06. The van der Waals surface area contributed by atoms with E-state index in [9.17, 15) is 9.18 Å². The van der Waals surface area contributed by atoms with E-state index in [4.69, 9.17) is 10.00 Å². The Kier molecular flexibility index (Phi) is 6.07. The Morgan fingerprint density at radius 3 is 2.48 bits per heavy atom. The van der Waals surface area contributed by atoms with E-state index < -0.39 is 5.82 Å². The maximum absolute atomic E-state index is 14.0. The number of rotatable bonds is 6. The summed E-state index contributed by atoms with van der Waals surface area (Å²) in [6.45, 7) is 0.255. The number of benzene rings is 2. The van der Waals surface area contributed by atoms with Crippen LogP contribution in [0.3, 0.4) is 0 Å². The smallest absolute Gasteiger partial charge is 0.193 e. The normalized spacial score (nSPS) is 10.5. The molecule has 2 aromatic rings. The molecule has 0 aliphatic rings. The standard InChI is InChI=1S/C18H13BrFNO2/c19-9-1-2-10-23-17-8-7-15(11-16(17)20)18(22)14-5-3-13(12-21)4-6-14/h1-8,11H,9-10H2. The highest BCUT2D eigenvalue weighted by Crippen LogP contribution is 2.20. The molecule has 0 unspecified atom stereocenters. The molecule has 0 radical (unpaired) electrons. The van der Waals surface area contributed by atoms with E-state index in [0.29, 0.717) is 16.5 Å². The number of allylic oxidation sites excluding steroid dienone is 1. The molecule has 0 aliphatic heterocycles. The maximum Gasteiger partial charge on any atom is 0.193 e. The summed E-state index contributed by atoms with van der Waals surface area (Å²) in [5.41, 5.74) is 1.10. The van der Waals surface area contributed by atoms with Gasteiger partial charge in [0.2, 0.25) is 0 Å². The van der Waals surface area contributed by atoms with Crippen LogP contribution in [0.2, 0.25) is 0 Å². The molecule has 0 N–H and O–H groups in total. The Bertz CT molecular complexity index is 764. The van der Waals surface area contributed by atoms with E-state index in [1.165, 1.54) is 12.1 Å². The summed E-state index contributed by atoms with van der Waals surface area (Å²) in [6.07, 6.45) is 3.62. The molecule has 0 saturated heterocycles. The van der Waals surface area contributed by atoms with Crippen LogP contribution in [0.5, 0.6) is 5.75 Å². The number of ketones is 1. The fraction of sp³-hybridized carbons (Fsp3) is 0.111. The van der Waals surface area contributed by atoms with Gasteiger partial charge in [0, 0.05) is 16.5 Å². The minimum absolute atomic E-state index is 0.0978. The van der Waals surface area contributed by atoms with Crippen molar-refractivity contribution in [3.8, 4) is 11.8 Å². The molecule has 116 valence electrons. The van der Waals surface area contributed by atoms with Gasteiger partial charge in [-0.05, 0) is 42.5 Å². The minimum atomic E-state index is -0.586. The van der Waals surface area contributed by atoms with Gasteiger partial charge in [0.05, 0.1) is 11.6 Å². The number of carbonyl (C=O) groups is 1.